The highest BCUT2D eigenvalue weighted by Gasteiger charge is 2.19. The van der Waals surface area contributed by atoms with Gasteiger partial charge in [-0.05, 0) is 37.3 Å². The van der Waals surface area contributed by atoms with E-state index in [1.807, 2.05) is 18.2 Å². The Balaban J connectivity index is 1.96. The minimum Gasteiger partial charge on any atom is -0.459 e. The molecule has 1 unspecified atom stereocenters. The minimum absolute atomic E-state index is 0.184. The van der Waals surface area contributed by atoms with Crippen molar-refractivity contribution in [1.29, 1.82) is 0 Å². The number of hydrogen-bond donors (Lipinski definition) is 2. The molecule has 3 heteroatoms. The van der Waals surface area contributed by atoms with Crippen molar-refractivity contribution >= 4 is 11.0 Å². The summed E-state index contributed by atoms with van der Waals surface area (Å²) in [4.78, 5) is 0. The van der Waals surface area contributed by atoms with E-state index in [9.17, 15) is 0 Å². The van der Waals surface area contributed by atoms with Crippen LogP contribution in [0.3, 0.4) is 0 Å². The van der Waals surface area contributed by atoms with Crippen LogP contribution in [0.1, 0.15) is 45.4 Å². The molecular formula is C17H25NO2. The molecule has 2 rings (SSSR count). The maximum absolute atomic E-state index is 8.93. The molecule has 1 aromatic heterocycles. The lowest BCUT2D eigenvalue weighted by molar-refractivity contribution is 0.231. The summed E-state index contributed by atoms with van der Waals surface area (Å²) in [5.74, 6) is 0.976. The quantitative estimate of drug-likeness (QED) is 0.806. The van der Waals surface area contributed by atoms with E-state index in [1.54, 1.807) is 0 Å². The average molecular weight is 275 g/mol. The van der Waals surface area contributed by atoms with Crippen molar-refractivity contribution in [2.24, 2.45) is 5.41 Å². The van der Waals surface area contributed by atoms with Crippen LogP contribution in [0.2, 0.25) is 0 Å². The zero-order valence-electron chi connectivity index (χ0n) is 12.6. The fourth-order valence-corrected chi connectivity index (χ4v) is 2.39. The van der Waals surface area contributed by atoms with Crippen LogP contribution in [-0.2, 0) is 0 Å². The van der Waals surface area contributed by atoms with Gasteiger partial charge in [-0.1, -0.05) is 32.0 Å². The molecule has 0 fully saturated rings. The number of nitrogens with one attached hydrogen (secondary N) is 1. The Morgan fingerprint density at radius 3 is 2.75 bits per heavy atom. The normalized spacial score (nSPS) is 13.8. The smallest absolute Gasteiger partial charge is 0.134 e. The van der Waals surface area contributed by atoms with Gasteiger partial charge in [-0.15, -0.1) is 0 Å². The van der Waals surface area contributed by atoms with Crippen LogP contribution in [0.15, 0.2) is 34.7 Å². The second-order valence-electron chi connectivity index (χ2n) is 6.28. The van der Waals surface area contributed by atoms with Gasteiger partial charge in [-0.25, -0.2) is 0 Å². The fraction of sp³-hybridized carbons (Fsp3) is 0.529. The summed E-state index contributed by atoms with van der Waals surface area (Å²) in [6, 6.07) is 10.4. The van der Waals surface area contributed by atoms with Crippen LogP contribution in [0, 0.1) is 5.41 Å². The predicted octanol–water partition coefficient (Wildman–Crippen LogP) is 3.88. The van der Waals surface area contributed by atoms with Gasteiger partial charge < -0.3 is 14.8 Å². The van der Waals surface area contributed by atoms with Crippen molar-refractivity contribution in [2.45, 2.75) is 39.7 Å². The number of furan rings is 1. The Morgan fingerprint density at radius 2 is 2.05 bits per heavy atom. The maximum atomic E-state index is 8.93. The van der Waals surface area contributed by atoms with E-state index in [0.29, 0.717) is 0 Å². The van der Waals surface area contributed by atoms with Gasteiger partial charge in [0.2, 0.25) is 0 Å². The standard InChI is InChI=1S/C17H25NO2/c1-13(18-12-17(2,3)9-6-10-19)16-11-14-7-4-5-8-15(14)20-16/h4-5,7-8,11,13,18-19H,6,9-10,12H2,1-3H3. The summed E-state index contributed by atoms with van der Waals surface area (Å²) in [7, 11) is 0. The first kappa shape index (κ1) is 15.1. The Hall–Kier alpha value is -1.32. The number of aliphatic hydroxyl groups excluding tert-OH is 1. The molecule has 3 nitrogen and oxygen atoms in total. The van der Waals surface area contributed by atoms with Crippen LogP contribution in [0.25, 0.3) is 11.0 Å². The van der Waals surface area contributed by atoms with Crippen LogP contribution in [0.4, 0.5) is 0 Å². The molecule has 0 aliphatic rings. The Bertz CT molecular complexity index is 512. The summed E-state index contributed by atoms with van der Waals surface area (Å²) < 4.78 is 5.87. The van der Waals surface area contributed by atoms with Crippen molar-refractivity contribution in [2.75, 3.05) is 13.2 Å². The zero-order valence-corrected chi connectivity index (χ0v) is 12.6. The summed E-state index contributed by atoms with van der Waals surface area (Å²) in [6.07, 6.45) is 1.87. The van der Waals surface area contributed by atoms with Crippen LogP contribution in [-0.4, -0.2) is 18.3 Å². The number of fused-ring (bicyclic) bond motifs is 1. The summed E-state index contributed by atoms with van der Waals surface area (Å²) in [5, 5.41) is 13.6. The van der Waals surface area contributed by atoms with Crippen molar-refractivity contribution < 1.29 is 9.52 Å². The van der Waals surface area contributed by atoms with Gasteiger partial charge in [-0.3, -0.25) is 0 Å². The zero-order chi connectivity index (χ0) is 14.6. The number of hydrogen-bond acceptors (Lipinski definition) is 3. The van der Waals surface area contributed by atoms with Gasteiger partial charge >= 0.3 is 0 Å². The van der Waals surface area contributed by atoms with E-state index >= 15 is 0 Å². The van der Waals surface area contributed by atoms with Gasteiger partial charge in [0.05, 0.1) is 6.04 Å². The molecule has 1 heterocycles. The largest absolute Gasteiger partial charge is 0.459 e. The summed E-state index contributed by atoms with van der Waals surface area (Å²) in [6.45, 7) is 7.75. The molecule has 20 heavy (non-hydrogen) atoms. The molecule has 0 aliphatic carbocycles. The first-order valence-corrected chi connectivity index (χ1v) is 7.34. The minimum atomic E-state index is 0.184. The van der Waals surface area contributed by atoms with E-state index in [1.165, 1.54) is 0 Å². The van der Waals surface area contributed by atoms with Gasteiger partial charge in [0.1, 0.15) is 11.3 Å². The van der Waals surface area contributed by atoms with Crippen LogP contribution >= 0.6 is 0 Å². The van der Waals surface area contributed by atoms with E-state index in [-0.39, 0.29) is 18.1 Å². The lowest BCUT2D eigenvalue weighted by atomic mass is 9.87. The Kier molecular flexibility index (Phi) is 4.84. The third-order valence-electron chi connectivity index (χ3n) is 3.77. The third-order valence-corrected chi connectivity index (χ3v) is 3.77. The van der Waals surface area contributed by atoms with Crippen molar-refractivity contribution in [3.63, 3.8) is 0 Å². The molecule has 1 aromatic carbocycles. The molecular weight excluding hydrogens is 250 g/mol. The maximum Gasteiger partial charge on any atom is 0.134 e. The van der Waals surface area contributed by atoms with E-state index in [0.717, 1.165) is 36.1 Å². The molecule has 110 valence electrons. The molecule has 0 amide bonds. The SMILES string of the molecule is CC(NCC(C)(C)CCCO)c1cc2ccccc2o1. The highest BCUT2D eigenvalue weighted by molar-refractivity contribution is 5.77. The summed E-state index contributed by atoms with van der Waals surface area (Å²) in [5.41, 5.74) is 1.12. The average Bonchev–Trinajstić information content (AvgIpc) is 2.86. The first-order chi connectivity index (χ1) is 9.52. The second-order valence-corrected chi connectivity index (χ2v) is 6.28. The van der Waals surface area contributed by atoms with Gasteiger partial charge in [0.25, 0.3) is 0 Å². The van der Waals surface area contributed by atoms with Crippen molar-refractivity contribution in [1.82, 2.24) is 5.32 Å². The topological polar surface area (TPSA) is 45.4 Å². The number of aliphatic hydroxyl groups is 1. The number of rotatable bonds is 7. The molecule has 0 aliphatic heterocycles. The van der Waals surface area contributed by atoms with Gasteiger partial charge in [0.15, 0.2) is 0 Å². The molecule has 0 spiro atoms. The molecule has 0 saturated heterocycles. The highest BCUT2D eigenvalue weighted by Crippen LogP contribution is 2.26. The second kappa shape index (κ2) is 6.42. The van der Waals surface area contributed by atoms with E-state index in [4.69, 9.17) is 9.52 Å². The first-order valence-electron chi connectivity index (χ1n) is 7.34. The monoisotopic (exact) mass is 275 g/mol. The highest BCUT2D eigenvalue weighted by atomic mass is 16.3. The molecule has 0 radical (unpaired) electrons. The van der Waals surface area contributed by atoms with Crippen molar-refractivity contribution in [3.8, 4) is 0 Å². The molecule has 0 saturated carbocycles. The Labute approximate surface area is 121 Å². The molecule has 0 bridgehead atoms. The van der Waals surface area contributed by atoms with Crippen molar-refractivity contribution in [3.05, 3.63) is 36.1 Å². The van der Waals surface area contributed by atoms with E-state index < -0.39 is 0 Å². The van der Waals surface area contributed by atoms with E-state index in [2.05, 4.69) is 38.2 Å². The molecule has 2 N–H and O–H groups in total. The Morgan fingerprint density at radius 1 is 1.30 bits per heavy atom. The van der Waals surface area contributed by atoms with Crippen LogP contribution < -0.4 is 5.32 Å². The lowest BCUT2D eigenvalue weighted by Crippen LogP contribution is -2.31. The van der Waals surface area contributed by atoms with Crippen LogP contribution in [0.5, 0.6) is 0 Å². The summed E-state index contributed by atoms with van der Waals surface area (Å²) >= 11 is 0. The third kappa shape index (κ3) is 3.84. The molecule has 2 aromatic rings. The number of para-hydroxylation sites is 1. The van der Waals surface area contributed by atoms with Gasteiger partial charge in [0, 0.05) is 18.5 Å². The molecule has 1 atom stereocenters. The fourth-order valence-electron chi connectivity index (χ4n) is 2.39. The van der Waals surface area contributed by atoms with Gasteiger partial charge in [-0.2, -0.15) is 0 Å². The lowest BCUT2D eigenvalue weighted by Gasteiger charge is -2.26. The number of benzene rings is 1. The predicted molar refractivity (Wildman–Crippen MR) is 82.7 cm³/mol.